The van der Waals surface area contributed by atoms with Crippen LogP contribution in [0.5, 0.6) is 5.75 Å². The maximum absolute atomic E-state index is 10.4. The lowest BCUT2D eigenvalue weighted by atomic mass is 9.98. The Kier molecular flexibility index (Phi) is 7.42. The molecule has 0 bridgehead atoms. The molecule has 0 aliphatic heterocycles. The quantitative estimate of drug-likeness (QED) is 0.540. The van der Waals surface area contributed by atoms with Crippen molar-refractivity contribution in [1.82, 2.24) is 5.32 Å². The van der Waals surface area contributed by atoms with Gasteiger partial charge < -0.3 is 10.4 Å². The number of rotatable bonds is 10. The van der Waals surface area contributed by atoms with Crippen LogP contribution in [-0.2, 0) is 6.42 Å². The zero-order valence-corrected chi connectivity index (χ0v) is 15.4. The zero-order valence-electron chi connectivity index (χ0n) is 15.4. The van der Waals surface area contributed by atoms with Crippen molar-refractivity contribution >= 4 is 0 Å². The summed E-state index contributed by atoms with van der Waals surface area (Å²) in [6.07, 6.45) is 13.1. The Balaban J connectivity index is 1.69. The second kappa shape index (κ2) is 9.32. The molecule has 130 valence electrons. The van der Waals surface area contributed by atoms with Gasteiger partial charge >= 0.3 is 0 Å². The van der Waals surface area contributed by atoms with Gasteiger partial charge in [0.15, 0.2) is 0 Å². The maximum Gasteiger partial charge on any atom is 0.123 e. The van der Waals surface area contributed by atoms with Gasteiger partial charge in [-0.3, -0.25) is 0 Å². The largest absolute Gasteiger partial charge is 0.507 e. The highest BCUT2D eigenvalue weighted by Gasteiger charge is 2.27. The molecule has 1 aliphatic rings. The van der Waals surface area contributed by atoms with E-state index >= 15 is 0 Å². The number of aryl methyl sites for hydroxylation is 2. The molecule has 2 rings (SSSR count). The Morgan fingerprint density at radius 1 is 1.00 bits per heavy atom. The zero-order chi connectivity index (χ0) is 16.7. The van der Waals surface area contributed by atoms with Gasteiger partial charge in [-0.25, -0.2) is 0 Å². The maximum atomic E-state index is 10.4. The molecule has 0 saturated carbocycles. The molecule has 2 nitrogen and oxygen atoms in total. The van der Waals surface area contributed by atoms with Crippen LogP contribution in [0.15, 0.2) is 6.07 Å². The molecule has 2 N–H and O–H groups in total. The van der Waals surface area contributed by atoms with Gasteiger partial charge in [-0.15, -0.1) is 0 Å². The molecule has 0 radical (unpaired) electrons. The van der Waals surface area contributed by atoms with Crippen molar-refractivity contribution in [3.63, 3.8) is 0 Å². The molecular weight excluding hydrogens is 282 g/mol. The molecule has 1 aliphatic carbocycles. The topological polar surface area (TPSA) is 32.3 Å². The fraction of sp³-hybridized carbons (Fsp3) is 0.714. The van der Waals surface area contributed by atoms with E-state index in [1.165, 1.54) is 68.1 Å². The third-order valence-electron chi connectivity index (χ3n) is 5.32. The Hall–Kier alpha value is -1.02. The SMILES string of the molecule is CCCCCCCCCCNC1CCc2c(C)cc(C)c(O)c21. The summed E-state index contributed by atoms with van der Waals surface area (Å²) in [7, 11) is 0. The summed E-state index contributed by atoms with van der Waals surface area (Å²) < 4.78 is 0. The van der Waals surface area contributed by atoms with Crippen molar-refractivity contribution in [2.45, 2.75) is 91.0 Å². The van der Waals surface area contributed by atoms with E-state index in [-0.39, 0.29) is 0 Å². The van der Waals surface area contributed by atoms with Crippen LogP contribution < -0.4 is 5.32 Å². The molecule has 0 amide bonds. The molecule has 0 heterocycles. The molecule has 0 spiro atoms. The van der Waals surface area contributed by atoms with Crippen molar-refractivity contribution in [2.75, 3.05) is 6.54 Å². The van der Waals surface area contributed by atoms with Crippen LogP contribution in [0, 0.1) is 13.8 Å². The highest BCUT2D eigenvalue weighted by atomic mass is 16.3. The molecule has 1 unspecified atom stereocenters. The van der Waals surface area contributed by atoms with Crippen LogP contribution in [0.25, 0.3) is 0 Å². The number of aromatic hydroxyl groups is 1. The molecule has 0 saturated heterocycles. The van der Waals surface area contributed by atoms with E-state index in [9.17, 15) is 5.11 Å². The van der Waals surface area contributed by atoms with Gasteiger partial charge in [0.1, 0.15) is 5.75 Å². The van der Waals surface area contributed by atoms with Gasteiger partial charge in [-0.05, 0) is 56.3 Å². The number of benzene rings is 1. The van der Waals surface area contributed by atoms with Crippen molar-refractivity contribution in [1.29, 1.82) is 0 Å². The number of fused-ring (bicyclic) bond motifs is 1. The normalized spacial score (nSPS) is 16.7. The molecule has 1 aromatic carbocycles. The lowest BCUT2D eigenvalue weighted by Gasteiger charge is -2.17. The molecule has 2 heteroatoms. The first kappa shape index (κ1) is 18.3. The summed E-state index contributed by atoms with van der Waals surface area (Å²) in [6, 6.07) is 2.47. The number of nitrogens with one attached hydrogen (secondary N) is 1. The smallest absolute Gasteiger partial charge is 0.123 e. The minimum atomic E-state index is 0.355. The van der Waals surface area contributed by atoms with Crippen LogP contribution in [0.2, 0.25) is 0 Å². The Labute approximate surface area is 142 Å². The minimum Gasteiger partial charge on any atom is -0.507 e. The highest BCUT2D eigenvalue weighted by molar-refractivity contribution is 5.53. The van der Waals surface area contributed by atoms with Gasteiger partial charge in [-0.1, -0.05) is 57.9 Å². The Bertz CT molecular complexity index is 495. The van der Waals surface area contributed by atoms with E-state index in [4.69, 9.17) is 0 Å². The van der Waals surface area contributed by atoms with Gasteiger partial charge in [0, 0.05) is 11.6 Å². The average Bonchev–Trinajstić information content (AvgIpc) is 2.96. The minimum absolute atomic E-state index is 0.355. The van der Waals surface area contributed by atoms with E-state index < -0.39 is 0 Å². The third kappa shape index (κ3) is 4.97. The molecule has 0 fully saturated rings. The summed E-state index contributed by atoms with van der Waals surface area (Å²) in [5.41, 5.74) is 4.91. The van der Waals surface area contributed by atoms with E-state index in [2.05, 4.69) is 25.2 Å². The van der Waals surface area contributed by atoms with E-state index in [1.807, 2.05) is 6.92 Å². The highest BCUT2D eigenvalue weighted by Crippen LogP contribution is 2.41. The van der Waals surface area contributed by atoms with Crippen LogP contribution >= 0.6 is 0 Å². The number of phenols is 1. The van der Waals surface area contributed by atoms with Crippen LogP contribution in [0.1, 0.15) is 93.0 Å². The number of unbranched alkanes of at least 4 members (excludes halogenated alkanes) is 7. The van der Waals surface area contributed by atoms with Crippen molar-refractivity contribution in [3.05, 3.63) is 28.3 Å². The lowest BCUT2D eigenvalue weighted by molar-refractivity contribution is 0.441. The molecule has 1 atom stereocenters. The molecular formula is C21H35NO. The lowest BCUT2D eigenvalue weighted by Crippen LogP contribution is -2.20. The summed E-state index contributed by atoms with van der Waals surface area (Å²) in [5, 5.41) is 14.1. The first-order chi connectivity index (χ1) is 11.1. The van der Waals surface area contributed by atoms with Crippen LogP contribution in [-0.4, -0.2) is 11.7 Å². The van der Waals surface area contributed by atoms with Gasteiger partial charge in [0.2, 0.25) is 0 Å². The summed E-state index contributed by atoms with van der Waals surface area (Å²) in [5.74, 6) is 0.525. The van der Waals surface area contributed by atoms with Crippen molar-refractivity contribution < 1.29 is 5.11 Å². The van der Waals surface area contributed by atoms with Gasteiger partial charge in [0.05, 0.1) is 0 Å². The predicted octanol–water partition coefficient (Wildman–Crippen LogP) is 5.73. The molecule has 1 aromatic rings. The summed E-state index contributed by atoms with van der Waals surface area (Å²) in [6.45, 7) is 7.53. The monoisotopic (exact) mass is 317 g/mol. The van der Waals surface area contributed by atoms with Crippen molar-refractivity contribution in [2.24, 2.45) is 0 Å². The molecule has 23 heavy (non-hydrogen) atoms. The number of hydrogen-bond donors (Lipinski definition) is 2. The number of hydrogen-bond acceptors (Lipinski definition) is 2. The number of phenolic OH excluding ortho intramolecular Hbond substituents is 1. The van der Waals surface area contributed by atoms with E-state index in [0.29, 0.717) is 11.8 Å². The first-order valence-corrected chi connectivity index (χ1v) is 9.70. The van der Waals surface area contributed by atoms with E-state index in [1.54, 1.807) is 0 Å². The van der Waals surface area contributed by atoms with E-state index in [0.717, 1.165) is 24.9 Å². The Morgan fingerprint density at radius 2 is 1.65 bits per heavy atom. The Morgan fingerprint density at radius 3 is 2.35 bits per heavy atom. The summed E-state index contributed by atoms with van der Waals surface area (Å²) in [4.78, 5) is 0. The first-order valence-electron chi connectivity index (χ1n) is 9.70. The second-order valence-corrected chi connectivity index (χ2v) is 7.27. The molecule has 0 aromatic heterocycles. The van der Waals surface area contributed by atoms with Crippen LogP contribution in [0.3, 0.4) is 0 Å². The van der Waals surface area contributed by atoms with Gasteiger partial charge in [-0.2, -0.15) is 0 Å². The summed E-state index contributed by atoms with van der Waals surface area (Å²) >= 11 is 0. The van der Waals surface area contributed by atoms with Crippen molar-refractivity contribution in [3.8, 4) is 5.75 Å². The predicted molar refractivity (Wildman–Crippen MR) is 99.3 cm³/mol. The second-order valence-electron chi connectivity index (χ2n) is 7.27. The fourth-order valence-electron chi connectivity index (χ4n) is 3.93. The standard InChI is InChI=1S/C21H35NO/c1-4-5-6-7-8-9-10-11-14-22-19-13-12-18-16(2)15-17(3)21(23)20(18)19/h15,19,22-23H,4-14H2,1-3H3. The average molecular weight is 318 g/mol. The fourth-order valence-corrected chi connectivity index (χ4v) is 3.93. The van der Waals surface area contributed by atoms with Gasteiger partial charge in [0.25, 0.3) is 0 Å². The third-order valence-corrected chi connectivity index (χ3v) is 5.32. The van der Waals surface area contributed by atoms with Crippen LogP contribution in [0.4, 0.5) is 0 Å².